The summed E-state index contributed by atoms with van der Waals surface area (Å²) in [6, 6.07) is 13.3. The zero-order valence-corrected chi connectivity index (χ0v) is 15.6. The molecule has 8 heteroatoms. The molecule has 0 amide bonds. The van der Waals surface area contributed by atoms with Crippen LogP contribution in [0.2, 0.25) is 0 Å². The van der Waals surface area contributed by atoms with E-state index < -0.39 is 31.0 Å². The van der Waals surface area contributed by atoms with Gasteiger partial charge in [-0.3, -0.25) is 0 Å². The van der Waals surface area contributed by atoms with Gasteiger partial charge in [-0.25, -0.2) is 21.2 Å². The van der Waals surface area contributed by atoms with Crippen LogP contribution in [0.15, 0.2) is 59.5 Å². The molecular formula is C18H20FNO4S2. The highest BCUT2D eigenvalue weighted by atomic mass is 32.2. The number of nitrogens with one attached hydrogen (secondary N) is 1. The second kappa shape index (κ2) is 7.46. The smallest absolute Gasteiger partial charge is 0.183 e. The van der Waals surface area contributed by atoms with Gasteiger partial charge in [0.1, 0.15) is 5.82 Å². The van der Waals surface area contributed by atoms with Gasteiger partial charge in [-0.15, -0.1) is 0 Å². The van der Waals surface area contributed by atoms with E-state index >= 15 is 0 Å². The molecule has 0 spiro atoms. The summed E-state index contributed by atoms with van der Waals surface area (Å²) in [5.41, 5.74) is 0.891. The molecule has 1 aliphatic rings. The van der Waals surface area contributed by atoms with E-state index in [2.05, 4.69) is 5.32 Å². The van der Waals surface area contributed by atoms with E-state index in [9.17, 15) is 21.2 Å². The van der Waals surface area contributed by atoms with Crippen molar-refractivity contribution in [2.45, 2.75) is 22.6 Å². The summed E-state index contributed by atoms with van der Waals surface area (Å²) in [5, 5.41) is 2.06. The molecule has 0 radical (unpaired) electrons. The standard InChI is InChI=1S/C18H20FNO4S2/c19-15-8-6-14(7-9-15)10-11-20-17-12-25(21,22)13-18(17)26(23,24)16-4-2-1-3-5-16/h1-9,17-18,20H,10-13H2. The Morgan fingerprint density at radius 2 is 1.65 bits per heavy atom. The maximum Gasteiger partial charge on any atom is 0.183 e. The minimum Gasteiger partial charge on any atom is -0.311 e. The molecule has 5 nitrogen and oxygen atoms in total. The molecule has 1 aliphatic heterocycles. The second-order valence-electron chi connectivity index (χ2n) is 6.41. The van der Waals surface area contributed by atoms with Gasteiger partial charge in [0, 0.05) is 6.04 Å². The summed E-state index contributed by atoms with van der Waals surface area (Å²) in [4.78, 5) is 0.132. The third-order valence-corrected chi connectivity index (χ3v) is 8.67. The third kappa shape index (κ3) is 4.31. The van der Waals surface area contributed by atoms with E-state index in [0.29, 0.717) is 13.0 Å². The van der Waals surface area contributed by atoms with Crippen molar-refractivity contribution in [3.8, 4) is 0 Å². The molecule has 3 rings (SSSR count). The average molecular weight is 397 g/mol. The van der Waals surface area contributed by atoms with Crippen molar-refractivity contribution in [1.29, 1.82) is 0 Å². The van der Waals surface area contributed by atoms with Crippen LogP contribution in [-0.2, 0) is 26.1 Å². The first-order chi connectivity index (χ1) is 12.3. The van der Waals surface area contributed by atoms with Gasteiger partial charge >= 0.3 is 0 Å². The predicted octanol–water partition coefficient (Wildman–Crippen LogP) is 1.60. The normalized spacial score (nSPS) is 22.3. The van der Waals surface area contributed by atoms with Crippen molar-refractivity contribution in [2.75, 3.05) is 18.1 Å². The summed E-state index contributed by atoms with van der Waals surface area (Å²) in [6.45, 7) is 0.409. The SMILES string of the molecule is O=S1(=O)CC(NCCc2ccc(F)cc2)C(S(=O)(=O)c2ccccc2)C1. The maximum absolute atomic E-state index is 12.9. The Hall–Kier alpha value is -1.77. The molecule has 1 N–H and O–H groups in total. The molecule has 0 saturated carbocycles. The van der Waals surface area contributed by atoms with Crippen molar-refractivity contribution >= 4 is 19.7 Å². The fourth-order valence-electron chi connectivity index (χ4n) is 3.15. The Kier molecular flexibility index (Phi) is 5.45. The monoisotopic (exact) mass is 397 g/mol. The molecule has 0 bridgehead atoms. The Morgan fingerprint density at radius 3 is 2.31 bits per heavy atom. The van der Waals surface area contributed by atoms with Crippen molar-refractivity contribution in [1.82, 2.24) is 5.32 Å². The van der Waals surface area contributed by atoms with Gasteiger partial charge in [0.15, 0.2) is 19.7 Å². The van der Waals surface area contributed by atoms with E-state index in [1.165, 1.54) is 24.3 Å². The van der Waals surface area contributed by atoms with Crippen molar-refractivity contribution in [2.24, 2.45) is 0 Å². The lowest BCUT2D eigenvalue weighted by Crippen LogP contribution is -2.44. The molecule has 2 unspecified atom stereocenters. The van der Waals surface area contributed by atoms with Crippen LogP contribution < -0.4 is 5.32 Å². The number of benzene rings is 2. The first-order valence-corrected chi connectivity index (χ1v) is 11.6. The Labute approximate surface area is 153 Å². The molecule has 2 atom stereocenters. The lowest BCUT2D eigenvalue weighted by atomic mass is 10.1. The number of rotatable bonds is 6. The largest absolute Gasteiger partial charge is 0.311 e. The van der Waals surface area contributed by atoms with E-state index in [1.807, 2.05) is 0 Å². The van der Waals surface area contributed by atoms with Crippen LogP contribution >= 0.6 is 0 Å². The van der Waals surface area contributed by atoms with Crippen LogP contribution in [-0.4, -0.2) is 46.2 Å². The van der Waals surface area contributed by atoms with Crippen LogP contribution in [0.25, 0.3) is 0 Å². The van der Waals surface area contributed by atoms with Gasteiger partial charge < -0.3 is 5.32 Å². The van der Waals surface area contributed by atoms with Crippen molar-refractivity contribution < 1.29 is 21.2 Å². The van der Waals surface area contributed by atoms with Crippen molar-refractivity contribution in [3.05, 3.63) is 66.0 Å². The Bertz CT molecular complexity index is 958. The summed E-state index contributed by atoms with van der Waals surface area (Å²) in [5.74, 6) is -0.899. The van der Waals surface area contributed by atoms with Gasteiger partial charge in [-0.05, 0) is 42.8 Å². The molecule has 140 valence electrons. The number of sulfone groups is 2. The zero-order chi connectivity index (χ0) is 18.8. The molecule has 1 fully saturated rings. The van der Waals surface area contributed by atoms with Crippen LogP contribution in [0.4, 0.5) is 4.39 Å². The highest BCUT2D eigenvalue weighted by Gasteiger charge is 2.45. The second-order valence-corrected chi connectivity index (χ2v) is 10.7. The lowest BCUT2D eigenvalue weighted by molar-refractivity contribution is 0.528. The van der Waals surface area contributed by atoms with Gasteiger partial charge in [-0.2, -0.15) is 0 Å². The fourth-order valence-corrected chi connectivity index (χ4v) is 7.89. The summed E-state index contributed by atoms with van der Waals surface area (Å²) < 4.78 is 62.8. The molecule has 1 saturated heterocycles. The topological polar surface area (TPSA) is 80.3 Å². The summed E-state index contributed by atoms with van der Waals surface area (Å²) in [7, 11) is -7.18. The quantitative estimate of drug-likeness (QED) is 0.801. The zero-order valence-electron chi connectivity index (χ0n) is 14.0. The Morgan fingerprint density at radius 1 is 1.00 bits per heavy atom. The molecule has 26 heavy (non-hydrogen) atoms. The molecule has 0 aliphatic carbocycles. The average Bonchev–Trinajstić information content (AvgIpc) is 2.93. The van der Waals surface area contributed by atoms with E-state index in [-0.39, 0.29) is 22.2 Å². The highest BCUT2D eigenvalue weighted by molar-refractivity contribution is 7.96. The van der Waals surface area contributed by atoms with E-state index in [1.54, 1.807) is 30.3 Å². The van der Waals surface area contributed by atoms with Crippen LogP contribution in [0.3, 0.4) is 0 Å². The molecular weight excluding hydrogens is 377 g/mol. The predicted molar refractivity (Wildman–Crippen MR) is 98.0 cm³/mol. The van der Waals surface area contributed by atoms with Crippen LogP contribution in [0.5, 0.6) is 0 Å². The minimum atomic E-state index is -3.75. The van der Waals surface area contributed by atoms with Gasteiger partial charge in [0.2, 0.25) is 0 Å². The molecule has 1 heterocycles. The van der Waals surface area contributed by atoms with E-state index in [0.717, 1.165) is 5.56 Å². The van der Waals surface area contributed by atoms with Crippen LogP contribution in [0, 0.1) is 5.82 Å². The van der Waals surface area contributed by atoms with Crippen LogP contribution in [0.1, 0.15) is 5.56 Å². The molecule has 0 aromatic heterocycles. The lowest BCUT2D eigenvalue weighted by Gasteiger charge is -2.20. The fraction of sp³-hybridized carbons (Fsp3) is 0.333. The third-order valence-electron chi connectivity index (χ3n) is 4.50. The Balaban J connectivity index is 1.73. The molecule has 2 aromatic carbocycles. The van der Waals surface area contributed by atoms with Gasteiger partial charge in [0.25, 0.3) is 0 Å². The number of hydrogen-bond acceptors (Lipinski definition) is 5. The number of halogens is 1. The highest BCUT2D eigenvalue weighted by Crippen LogP contribution is 2.25. The summed E-state index contributed by atoms with van der Waals surface area (Å²) >= 11 is 0. The summed E-state index contributed by atoms with van der Waals surface area (Å²) in [6.07, 6.45) is 0.551. The first-order valence-electron chi connectivity index (χ1n) is 8.25. The first kappa shape index (κ1) is 19.0. The van der Waals surface area contributed by atoms with Crippen molar-refractivity contribution in [3.63, 3.8) is 0 Å². The van der Waals surface area contributed by atoms with E-state index in [4.69, 9.17) is 0 Å². The van der Waals surface area contributed by atoms with Gasteiger partial charge in [-0.1, -0.05) is 30.3 Å². The number of hydrogen-bond donors (Lipinski definition) is 1. The maximum atomic E-state index is 12.9. The molecule has 2 aromatic rings. The minimum absolute atomic E-state index is 0.132. The van der Waals surface area contributed by atoms with Gasteiger partial charge in [0.05, 0.1) is 21.7 Å².